The van der Waals surface area contributed by atoms with Crippen LogP contribution in [0.15, 0.2) is 24.3 Å². The van der Waals surface area contributed by atoms with Gasteiger partial charge in [0.2, 0.25) is 0 Å². The zero-order valence-corrected chi connectivity index (χ0v) is 17.2. The predicted molar refractivity (Wildman–Crippen MR) is 111 cm³/mol. The predicted octanol–water partition coefficient (Wildman–Crippen LogP) is 3.84. The van der Waals surface area contributed by atoms with Crippen molar-refractivity contribution in [3.05, 3.63) is 29.8 Å². The number of carbonyl (C=O) groups is 2. The lowest BCUT2D eigenvalue weighted by Crippen LogP contribution is -2.37. The summed E-state index contributed by atoms with van der Waals surface area (Å²) in [4.78, 5) is 28.7. The molecule has 0 saturated carbocycles. The summed E-state index contributed by atoms with van der Waals surface area (Å²) in [5.74, 6) is 1.18. The van der Waals surface area contributed by atoms with Crippen molar-refractivity contribution in [2.75, 3.05) is 45.2 Å². The summed E-state index contributed by atoms with van der Waals surface area (Å²) in [6, 6.07) is 6.75. The van der Waals surface area contributed by atoms with Crippen LogP contribution in [0.5, 0.6) is 0 Å². The van der Waals surface area contributed by atoms with Crippen LogP contribution in [0, 0.1) is 11.8 Å². The summed E-state index contributed by atoms with van der Waals surface area (Å²) >= 11 is 0. The number of methoxy groups -OCH3 is 1. The fourth-order valence-corrected chi connectivity index (χ4v) is 4.17. The number of hydrogen-bond donors (Lipinski definition) is 1. The molecule has 1 unspecified atom stereocenters. The third kappa shape index (κ3) is 5.71. The number of hydrogen-bond acceptors (Lipinski definition) is 4. The molecule has 2 saturated heterocycles. The Kier molecular flexibility index (Phi) is 7.31. The van der Waals surface area contributed by atoms with Crippen LogP contribution in [0.2, 0.25) is 0 Å². The van der Waals surface area contributed by atoms with Gasteiger partial charge >= 0.3 is 12.0 Å². The third-order valence-electron chi connectivity index (χ3n) is 6.08. The number of amides is 2. The number of nitrogens with zero attached hydrogens (tertiary/aromatic N) is 2. The van der Waals surface area contributed by atoms with E-state index in [4.69, 9.17) is 4.74 Å². The largest absolute Gasteiger partial charge is 0.465 e. The molecule has 2 fully saturated rings. The Morgan fingerprint density at radius 1 is 1.04 bits per heavy atom. The molecule has 0 radical (unpaired) electrons. The molecule has 2 amide bonds. The minimum absolute atomic E-state index is 0.0572. The summed E-state index contributed by atoms with van der Waals surface area (Å²) in [7, 11) is 1.36. The van der Waals surface area contributed by atoms with Crippen molar-refractivity contribution < 1.29 is 14.3 Å². The Morgan fingerprint density at radius 2 is 1.75 bits per heavy atom. The normalized spacial score (nSPS) is 21.8. The topological polar surface area (TPSA) is 61.9 Å². The fourth-order valence-electron chi connectivity index (χ4n) is 4.17. The smallest absolute Gasteiger partial charge is 0.337 e. The Bertz CT molecular complexity index is 653. The Balaban J connectivity index is 1.46. The van der Waals surface area contributed by atoms with E-state index in [1.807, 2.05) is 4.90 Å². The van der Waals surface area contributed by atoms with E-state index >= 15 is 0 Å². The van der Waals surface area contributed by atoms with Crippen molar-refractivity contribution in [2.45, 2.75) is 39.0 Å². The van der Waals surface area contributed by atoms with Crippen LogP contribution in [-0.4, -0.2) is 61.6 Å². The first-order valence-electron chi connectivity index (χ1n) is 10.5. The monoisotopic (exact) mass is 387 g/mol. The second kappa shape index (κ2) is 9.92. The summed E-state index contributed by atoms with van der Waals surface area (Å²) < 4.78 is 4.70. The highest BCUT2D eigenvalue weighted by Gasteiger charge is 2.24. The van der Waals surface area contributed by atoms with E-state index in [1.54, 1.807) is 24.3 Å². The van der Waals surface area contributed by atoms with Crippen molar-refractivity contribution in [1.82, 2.24) is 9.80 Å². The highest BCUT2D eigenvalue weighted by atomic mass is 16.5. The molecular weight excluding hydrogens is 354 g/mol. The number of piperidine rings is 1. The van der Waals surface area contributed by atoms with Gasteiger partial charge in [-0.3, -0.25) is 0 Å². The van der Waals surface area contributed by atoms with Gasteiger partial charge in [0.15, 0.2) is 0 Å². The molecule has 1 aromatic carbocycles. The maximum Gasteiger partial charge on any atom is 0.337 e. The molecular formula is C22H33N3O3. The number of likely N-dealkylation sites (tertiary alicyclic amines) is 2. The first kappa shape index (κ1) is 20.6. The molecule has 0 aliphatic carbocycles. The van der Waals surface area contributed by atoms with Gasteiger partial charge in [-0.25, -0.2) is 9.59 Å². The molecule has 1 atom stereocenters. The van der Waals surface area contributed by atoms with Gasteiger partial charge in [0.05, 0.1) is 12.7 Å². The lowest BCUT2D eigenvalue weighted by atomic mass is 9.95. The molecule has 2 aliphatic heterocycles. The molecule has 0 spiro atoms. The van der Waals surface area contributed by atoms with E-state index in [2.05, 4.69) is 17.1 Å². The molecule has 0 bridgehead atoms. The van der Waals surface area contributed by atoms with Gasteiger partial charge in [-0.1, -0.05) is 6.92 Å². The van der Waals surface area contributed by atoms with Crippen molar-refractivity contribution in [2.24, 2.45) is 11.8 Å². The molecule has 6 nitrogen and oxygen atoms in total. The summed E-state index contributed by atoms with van der Waals surface area (Å²) in [6.07, 6.45) is 5.96. The average molecular weight is 388 g/mol. The standard InChI is InChI=1S/C22H33N3O3/c1-17-9-13-24(14-10-17)16-18-4-3-12-25(15-11-18)22(27)23-20-7-5-19(6-8-20)21(26)28-2/h5-8,17-18H,3-4,9-16H2,1-2H3,(H,23,27). The summed E-state index contributed by atoms with van der Waals surface area (Å²) in [6.45, 7) is 7.59. The van der Waals surface area contributed by atoms with E-state index in [0.29, 0.717) is 17.2 Å². The lowest BCUT2D eigenvalue weighted by Gasteiger charge is -2.32. The van der Waals surface area contributed by atoms with E-state index in [9.17, 15) is 9.59 Å². The maximum atomic E-state index is 12.6. The first-order chi connectivity index (χ1) is 13.5. The lowest BCUT2D eigenvalue weighted by molar-refractivity contribution is 0.0600. The molecule has 28 heavy (non-hydrogen) atoms. The van der Waals surface area contributed by atoms with Gasteiger partial charge in [-0.15, -0.1) is 0 Å². The molecule has 2 heterocycles. The number of benzene rings is 1. The second-order valence-corrected chi connectivity index (χ2v) is 8.27. The molecule has 1 N–H and O–H groups in total. The number of nitrogens with one attached hydrogen (secondary N) is 1. The number of ether oxygens (including phenoxy) is 1. The molecule has 154 valence electrons. The molecule has 6 heteroatoms. The number of rotatable bonds is 4. The van der Waals surface area contributed by atoms with Gasteiger partial charge in [-0.05, 0) is 81.3 Å². The van der Waals surface area contributed by atoms with Gasteiger partial charge in [0.1, 0.15) is 0 Å². The zero-order chi connectivity index (χ0) is 19.9. The number of urea groups is 1. The van der Waals surface area contributed by atoms with Crippen LogP contribution in [0.25, 0.3) is 0 Å². The van der Waals surface area contributed by atoms with Crippen molar-refractivity contribution in [1.29, 1.82) is 0 Å². The van der Waals surface area contributed by atoms with E-state index in [0.717, 1.165) is 31.8 Å². The van der Waals surface area contributed by atoms with Crippen LogP contribution in [-0.2, 0) is 4.74 Å². The van der Waals surface area contributed by atoms with Gasteiger partial charge < -0.3 is 19.9 Å². The van der Waals surface area contributed by atoms with Crippen molar-refractivity contribution >= 4 is 17.7 Å². The van der Waals surface area contributed by atoms with Crippen LogP contribution < -0.4 is 5.32 Å². The van der Waals surface area contributed by atoms with Gasteiger partial charge in [0.25, 0.3) is 0 Å². The van der Waals surface area contributed by atoms with E-state index in [-0.39, 0.29) is 12.0 Å². The number of carbonyl (C=O) groups excluding carboxylic acids is 2. The van der Waals surface area contributed by atoms with Crippen molar-refractivity contribution in [3.63, 3.8) is 0 Å². The Morgan fingerprint density at radius 3 is 2.43 bits per heavy atom. The quantitative estimate of drug-likeness (QED) is 0.798. The van der Waals surface area contributed by atoms with Crippen LogP contribution in [0.1, 0.15) is 49.4 Å². The Hall–Kier alpha value is -2.08. The molecule has 1 aromatic rings. The molecule has 3 rings (SSSR count). The summed E-state index contributed by atoms with van der Waals surface area (Å²) in [5.41, 5.74) is 1.17. The minimum Gasteiger partial charge on any atom is -0.465 e. The highest BCUT2D eigenvalue weighted by Crippen LogP contribution is 2.23. The minimum atomic E-state index is -0.375. The van der Waals surface area contributed by atoms with Crippen molar-refractivity contribution in [3.8, 4) is 0 Å². The molecule has 2 aliphatic rings. The summed E-state index contributed by atoms with van der Waals surface area (Å²) in [5, 5.41) is 2.95. The SMILES string of the molecule is COC(=O)c1ccc(NC(=O)N2CCCC(CN3CCC(C)CC3)CC2)cc1. The fraction of sp³-hybridized carbons (Fsp3) is 0.636. The second-order valence-electron chi connectivity index (χ2n) is 8.27. The van der Waals surface area contributed by atoms with Gasteiger partial charge in [0, 0.05) is 25.3 Å². The van der Waals surface area contributed by atoms with Gasteiger partial charge in [-0.2, -0.15) is 0 Å². The van der Waals surface area contributed by atoms with Crippen LogP contribution >= 0.6 is 0 Å². The third-order valence-corrected chi connectivity index (χ3v) is 6.08. The number of esters is 1. The van der Waals surface area contributed by atoms with E-state index < -0.39 is 0 Å². The zero-order valence-electron chi connectivity index (χ0n) is 17.2. The first-order valence-corrected chi connectivity index (χ1v) is 10.5. The highest BCUT2D eigenvalue weighted by molar-refractivity contribution is 5.92. The molecule has 0 aromatic heterocycles. The average Bonchev–Trinajstić information content (AvgIpc) is 2.95. The maximum absolute atomic E-state index is 12.6. The number of anilines is 1. The van der Waals surface area contributed by atoms with Crippen LogP contribution in [0.3, 0.4) is 0 Å². The Labute approximate surface area is 168 Å². The van der Waals surface area contributed by atoms with E-state index in [1.165, 1.54) is 46.0 Å². The van der Waals surface area contributed by atoms with Crippen LogP contribution in [0.4, 0.5) is 10.5 Å².